The summed E-state index contributed by atoms with van der Waals surface area (Å²) in [6.07, 6.45) is 1.36. The van der Waals surface area contributed by atoms with Gasteiger partial charge < -0.3 is 10.4 Å². The smallest absolute Gasteiger partial charge is 0.125 e. The Morgan fingerprint density at radius 1 is 1.35 bits per heavy atom. The third kappa shape index (κ3) is 3.01. The monoisotopic (exact) mass is 232 g/mol. The van der Waals surface area contributed by atoms with Gasteiger partial charge in [0.15, 0.2) is 0 Å². The summed E-state index contributed by atoms with van der Waals surface area (Å²) >= 11 is 0. The lowest BCUT2D eigenvalue weighted by Crippen LogP contribution is -2.27. The number of aliphatic hydroxyl groups excluding tert-OH is 1. The molecule has 1 atom stereocenters. The van der Waals surface area contributed by atoms with Gasteiger partial charge in [-0.1, -0.05) is 39.8 Å². The molecule has 2 heteroatoms. The van der Waals surface area contributed by atoms with Gasteiger partial charge in [0.1, 0.15) is 6.23 Å². The molecule has 93 valence electrons. The van der Waals surface area contributed by atoms with Crippen molar-refractivity contribution in [2.24, 2.45) is 5.41 Å². The average Bonchev–Trinajstić information content (AvgIpc) is 2.16. The zero-order chi connectivity index (χ0) is 12.6. The maximum atomic E-state index is 9.65. The fourth-order valence-corrected chi connectivity index (χ4v) is 2.42. The molecule has 1 aliphatic rings. The van der Waals surface area contributed by atoms with Crippen LogP contribution in [-0.4, -0.2) is 11.3 Å². The zero-order valence-corrected chi connectivity index (χ0v) is 11.2. The van der Waals surface area contributed by atoms with E-state index in [0.717, 1.165) is 12.1 Å². The third-order valence-electron chi connectivity index (χ3n) is 3.10. The number of aliphatic hydroxyl groups is 1. The van der Waals surface area contributed by atoms with Gasteiger partial charge in [0, 0.05) is 18.0 Å². The van der Waals surface area contributed by atoms with Crippen molar-refractivity contribution in [3.63, 3.8) is 0 Å². The van der Waals surface area contributed by atoms with Crippen LogP contribution in [0.4, 0.5) is 5.69 Å². The second-order valence-corrected chi connectivity index (χ2v) is 6.26. The number of benzene rings is 1. The summed E-state index contributed by atoms with van der Waals surface area (Å²) in [6, 6.07) is 6.50. The normalized spacial score (nSPS) is 20.9. The van der Waals surface area contributed by atoms with Crippen LogP contribution in [0.5, 0.6) is 0 Å². The Morgan fingerprint density at radius 3 is 2.71 bits per heavy atom. The van der Waals surface area contributed by atoms with E-state index < -0.39 is 6.23 Å². The molecule has 0 spiro atoms. The minimum Gasteiger partial charge on any atom is -0.374 e. The van der Waals surface area contributed by atoms with Crippen LogP contribution < -0.4 is 5.32 Å². The van der Waals surface area contributed by atoms with Crippen LogP contribution in [0.3, 0.4) is 0 Å². The van der Waals surface area contributed by atoms with E-state index in [0.29, 0.717) is 11.8 Å². The SMILES string of the molecule is C[C]1CC(O)Nc2ccc(CC(C)(C)C)cc21. The first-order valence-electron chi connectivity index (χ1n) is 6.25. The molecule has 1 aromatic rings. The van der Waals surface area contributed by atoms with Crippen LogP contribution in [0.15, 0.2) is 18.2 Å². The Hall–Kier alpha value is -1.02. The lowest BCUT2D eigenvalue weighted by Gasteiger charge is -2.29. The minimum atomic E-state index is -0.434. The summed E-state index contributed by atoms with van der Waals surface area (Å²) in [5.74, 6) is 1.27. The second-order valence-electron chi connectivity index (χ2n) is 6.26. The Kier molecular flexibility index (Phi) is 3.17. The van der Waals surface area contributed by atoms with E-state index in [1.165, 1.54) is 17.0 Å². The Labute approximate surface area is 104 Å². The highest BCUT2D eigenvalue weighted by atomic mass is 16.3. The molecule has 1 heterocycles. The summed E-state index contributed by atoms with van der Waals surface area (Å²) in [4.78, 5) is 0. The summed E-state index contributed by atoms with van der Waals surface area (Å²) in [7, 11) is 0. The molecule has 0 saturated carbocycles. The maximum absolute atomic E-state index is 9.65. The van der Waals surface area contributed by atoms with Crippen LogP contribution in [0, 0.1) is 11.3 Å². The van der Waals surface area contributed by atoms with Crippen molar-refractivity contribution < 1.29 is 5.11 Å². The van der Waals surface area contributed by atoms with E-state index in [4.69, 9.17) is 0 Å². The Morgan fingerprint density at radius 2 is 2.06 bits per heavy atom. The molecule has 17 heavy (non-hydrogen) atoms. The zero-order valence-electron chi connectivity index (χ0n) is 11.2. The highest BCUT2D eigenvalue weighted by molar-refractivity contribution is 5.61. The third-order valence-corrected chi connectivity index (χ3v) is 3.10. The molecule has 2 N–H and O–H groups in total. The van der Waals surface area contributed by atoms with Gasteiger partial charge in [0.25, 0.3) is 0 Å². The fourth-order valence-electron chi connectivity index (χ4n) is 2.42. The van der Waals surface area contributed by atoms with Gasteiger partial charge in [-0.3, -0.25) is 0 Å². The number of fused-ring (bicyclic) bond motifs is 1. The summed E-state index contributed by atoms with van der Waals surface area (Å²) < 4.78 is 0. The predicted molar refractivity (Wildman–Crippen MR) is 71.9 cm³/mol. The topological polar surface area (TPSA) is 32.3 Å². The molecular weight excluding hydrogens is 210 g/mol. The summed E-state index contributed by atoms with van der Waals surface area (Å²) in [5, 5.41) is 12.8. The molecule has 0 amide bonds. The van der Waals surface area contributed by atoms with Crippen LogP contribution >= 0.6 is 0 Å². The molecular formula is C15H22NO. The van der Waals surface area contributed by atoms with E-state index in [2.05, 4.69) is 51.2 Å². The minimum absolute atomic E-state index is 0.309. The van der Waals surface area contributed by atoms with Crippen LogP contribution in [0.1, 0.15) is 45.2 Å². The molecule has 2 nitrogen and oxygen atoms in total. The molecule has 1 radical (unpaired) electrons. The molecule has 0 fully saturated rings. The average molecular weight is 232 g/mol. The first-order chi connectivity index (χ1) is 7.85. The van der Waals surface area contributed by atoms with Crippen molar-refractivity contribution in [3.05, 3.63) is 35.2 Å². The predicted octanol–water partition coefficient (Wildman–Crippen LogP) is 3.35. The molecule has 0 saturated heterocycles. The van der Waals surface area contributed by atoms with Crippen molar-refractivity contribution in [1.29, 1.82) is 0 Å². The highest BCUT2D eigenvalue weighted by Crippen LogP contribution is 2.34. The first kappa shape index (κ1) is 12.4. The van der Waals surface area contributed by atoms with E-state index >= 15 is 0 Å². The van der Waals surface area contributed by atoms with Crippen molar-refractivity contribution in [2.75, 3.05) is 5.32 Å². The number of hydrogen-bond donors (Lipinski definition) is 2. The number of rotatable bonds is 1. The van der Waals surface area contributed by atoms with Crippen LogP contribution in [0.25, 0.3) is 0 Å². The number of hydrogen-bond acceptors (Lipinski definition) is 2. The van der Waals surface area contributed by atoms with Gasteiger partial charge in [-0.15, -0.1) is 0 Å². The van der Waals surface area contributed by atoms with Crippen molar-refractivity contribution in [3.8, 4) is 0 Å². The maximum Gasteiger partial charge on any atom is 0.125 e. The fraction of sp³-hybridized carbons (Fsp3) is 0.533. The largest absolute Gasteiger partial charge is 0.374 e. The Balaban J connectivity index is 2.27. The van der Waals surface area contributed by atoms with Gasteiger partial charge >= 0.3 is 0 Å². The number of nitrogens with one attached hydrogen (secondary N) is 1. The molecule has 2 rings (SSSR count). The van der Waals surface area contributed by atoms with E-state index in [1.807, 2.05) is 0 Å². The molecule has 0 aromatic heterocycles. The second kappa shape index (κ2) is 4.34. The van der Waals surface area contributed by atoms with Crippen LogP contribution in [0.2, 0.25) is 0 Å². The van der Waals surface area contributed by atoms with Gasteiger partial charge in [-0.2, -0.15) is 0 Å². The van der Waals surface area contributed by atoms with Gasteiger partial charge in [0.05, 0.1) is 0 Å². The van der Waals surface area contributed by atoms with Crippen molar-refractivity contribution in [1.82, 2.24) is 0 Å². The lowest BCUT2D eigenvalue weighted by molar-refractivity contribution is 0.195. The summed E-state index contributed by atoms with van der Waals surface area (Å²) in [6.45, 7) is 8.87. The highest BCUT2D eigenvalue weighted by Gasteiger charge is 2.23. The summed E-state index contributed by atoms with van der Waals surface area (Å²) in [5.41, 5.74) is 3.99. The molecule has 0 bridgehead atoms. The van der Waals surface area contributed by atoms with Gasteiger partial charge in [0.2, 0.25) is 0 Å². The van der Waals surface area contributed by atoms with Crippen molar-refractivity contribution >= 4 is 5.69 Å². The van der Waals surface area contributed by atoms with E-state index in [9.17, 15) is 5.11 Å². The molecule has 0 aliphatic carbocycles. The number of anilines is 1. The van der Waals surface area contributed by atoms with Gasteiger partial charge in [-0.25, -0.2) is 0 Å². The molecule has 1 unspecified atom stereocenters. The van der Waals surface area contributed by atoms with Gasteiger partial charge in [-0.05, 0) is 29.0 Å². The van der Waals surface area contributed by atoms with E-state index in [1.54, 1.807) is 0 Å². The van der Waals surface area contributed by atoms with Crippen LogP contribution in [-0.2, 0) is 6.42 Å². The molecule has 1 aromatic carbocycles. The van der Waals surface area contributed by atoms with Crippen molar-refractivity contribution in [2.45, 2.75) is 46.8 Å². The lowest BCUT2D eigenvalue weighted by atomic mass is 9.84. The quantitative estimate of drug-likeness (QED) is 0.778. The molecule has 1 aliphatic heterocycles. The Bertz CT molecular complexity index is 406. The standard InChI is InChI=1S/C15H22NO/c1-10-7-14(17)16-13-6-5-11(8-12(10)13)9-15(2,3)4/h5-6,8,14,16-17H,7,9H2,1-4H3. The first-order valence-corrected chi connectivity index (χ1v) is 6.25. The van der Waals surface area contributed by atoms with E-state index in [-0.39, 0.29) is 0 Å².